The van der Waals surface area contributed by atoms with Gasteiger partial charge in [-0.1, -0.05) is 34.5 Å². The Labute approximate surface area is 199 Å². The maximum atomic E-state index is 12.6. The van der Waals surface area contributed by atoms with Gasteiger partial charge in [-0.3, -0.25) is 4.79 Å². The molecule has 0 atom stereocenters. The number of hydrogen-bond donors (Lipinski definition) is 1. The van der Waals surface area contributed by atoms with Gasteiger partial charge in [0.25, 0.3) is 5.91 Å². The Hall–Kier alpha value is -3.16. The summed E-state index contributed by atoms with van der Waals surface area (Å²) >= 11 is 9.22. The summed E-state index contributed by atoms with van der Waals surface area (Å²) in [7, 11) is 0. The fourth-order valence-electron chi connectivity index (χ4n) is 2.61. The molecule has 1 N–H and O–H groups in total. The molecule has 3 rings (SSSR count). The number of nitrogens with zero attached hydrogens (tertiary/aromatic N) is 1. The van der Waals surface area contributed by atoms with Crippen LogP contribution in [0.4, 0.5) is 0 Å². The molecule has 0 aromatic heterocycles. The number of amides is 1. The molecule has 6 nitrogen and oxygen atoms in total. The molecule has 0 saturated carbocycles. The molecule has 0 fully saturated rings. The van der Waals surface area contributed by atoms with Gasteiger partial charge in [0.2, 0.25) is 0 Å². The molecule has 32 heavy (non-hydrogen) atoms. The van der Waals surface area contributed by atoms with Crippen molar-refractivity contribution in [1.29, 1.82) is 0 Å². The normalized spacial score (nSPS) is 10.7. The maximum Gasteiger partial charge on any atom is 0.343 e. The SMILES string of the molecule is CCCOc1ccc(C(=O)Oc2ccc(Br)cc2/C=N\NC(=O)c2ccc(Cl)cc2)cc1. The fraction of sp³-hybridized carbons (Fsp3) is 0.125. The summed E-state index contributed by atoms with van der Waals surface area (Å²) < 4.78 is 11.8. The van der Waals surface area contributed by atoms with Gasteiger partial charge in [0, 0.05) is 20.6 Å². The third-order valence-corrected chi connectivity index (χ3v) is 4.96. The zero-order valence-corrected chi connectivity index (χ0v) is 19.5. The summed E-state index contributed by atoms with van der Waals surface area (Å²) in [5.74, 6) is 0.0800. The summed E-state index contributed by atoms with van der Waals surface area (Å²) in [6.07, 6.45) is 2.31. The highest BCUT2D eigenvalue weighted by atomic mass is 79.9. The number of benzene rings is 3. The molecule has 0 spiro atoms. The number of carbonyl (C=O) groups is 2. The van der Waals surface area contributed by atoms with Crippen LogP contribution in [-0.2, 0) is 0 Å². The van der Waals surface area contributed by atoms with Gasteiger partial charge in [-0.2, -0.15) is 5.10 Å². The monoisotopic (exact) mass is 514 g/mol. The lowest BCUT2D eigenvalue weighted by molar-refractivity contribution is 0.0734. The molecule has 164 valence electrons. The molecular formula is C24H20BrClN2O4. The number of hydrogen-bond acceptors (Lipinski definition) is 5. The van der Waals surface area contributed by atoms with E-state index < -0.39 is 11.9 Å². The Kier molecular flexibility index (Phi) is 8.41. The molecule has 0 bridgehead atoms. The van der Waals surface area contributed by atoms with Crippen LogP contribution in [0.15, 0.2) is 76.3 Å². The molecule has 0 aliphatic heterocycles. The second-order valence-corrected chi connectivity index (χ2v) is 8.00. The van der Waals surface area contributed by atoms with Crippen LogP contribution in [0.1, 0.15) is 39.6 Å². The van der Waals surface area contributed by atoms with Gasteiger partial charge in [0.1, 0.15) is 11.5 Å². The first-order valence-corrected chi connectivity index (χ1v) is 11.0. The summed E-state index contributed by atoms with van der Waals surface area (Å²) in [5, 5.41) is 4.51. The smallest absolute Gasteiger partial charge is 0.343 e. The molecule has 3 aromatic rings. The molecule has 0 heterocycles. The maximum absolute atomic E-state index is 12.6. The summed E-state index contributed by atoms with van der Waals surface area (Å²) in [6, 6.07) is 18.3. The lowest BCUT2D eigenvalue weighted by Crippen LogP contribution is -2.17. The van der Waals surface area contributed by atoms with Crippen LogP contribution in [0.25, 0.3) is 0 Å². The average molecular weight is 516 g/mol. The minimum absolute atomic E-state index is 0.300. The van der Waals surface area contributed by atoms with E-state index in [1.165, 1.54) is 6.21 Å². The zero-order valence-electron chi connectivity index (χ0n) is 17.2. The van der Waals surface area contributed by atoms with Gasteiger partial charge in [-0.05, 0) is 73.2 Å². The van der Waals surface area contributed by atoms with Crippen molar-refractivity contribution in [2.75, 3.05) is 6.61 Å². The molecule has 0 saturated heterocycles. The van der Waals surface area contributed by atoms with Crippen LogP contribution in [0.2, 0.25) is 5.02 Å². The quantitative estimate of drug-likeness (QED) is 0.176. The van der Waals surface area contributed by atoms with Gasteiger partial charge in [0.15, 0.2) is 0 Å². The Morgan fingerprint density at radius 3 is 2.41 bits per heavy atom. The standard InChI is InChI=1S/C24H20BrClN2O4/c1-2-13-31-21-10-5-17(6-11-21)24(30)32-22-12-7-19(25)14-18(22)15-27-28-23(29)16-3-8-20(26)9-4-16/h3-12,14-15H,2,13H2,1H3,(H,28,29)/b27-15-. The second kappa shape index (κ2) is 11.5. The average Bonchev–Trinajstić information content (AvgIpc) is 2.80. The van der Waals surface area contributed by atoms with Crippen molar-refractivity contribution in [3.05, 3.63) is 92.9 Å². The molecule has 1 amide bonds. The predicted octanol–water partition coefficient (Wildman–Crippen LogP) is 5.87. The van der Waals surface area contributed by atoms with Crippen LogP contribution in [-0.4, -0.2) is 24.7 Å². The number of ether oxygens (including phenoxy) is 2. The van der Waals surface area contributed by atoms with E-state index in [0.717, 1.165) is 10.9 Å². The molecule has 3 aromatic carbocycles. The van der Waals surface area contributed by atoms with Crippen molar-refractivity contribution in [1.82, 2.24) is 5.43 Å². The van der Waals surface area contributed by atoms with Gasteiger partial charge in [0.05, 0.1) is 18.4 Å². The third-order valence-electron chi connectivity index (χ3n) is 4.21. The first kappa shape index (κ1) is 23.5. The molecule has 0 radical (unpaired) electrons. The summed E-state index contributed by atoms with van der Waals surface area (Å²) in [4.78, 5) is 24.8. The van der Waals surface area contributed by atoms with E-state index in [1.54, 1.807) is 66.7 Å². The van der Waals surface area contributed by atoms with Gasteiger partial charge in [-0.25, -0.2) is 10.2 Å². The van der Waals surface area contributed by atoms with Crippen LogP contribution in [0, 0.1) is 0 Å². The van der Waals surface area contributed by atoms with E-state index >= 15 is 0 Å². The van der Waals surface area contributed by atoms with Crippen molar-refractivity contribution < 1.29 is 19.1 Å². The van der Waals surface area contributed by atoms with Crippen molar-refractivity contribution >= 4 is 45.6 Å². The van der Waals surface area contributed by atoms with Crippen molar-refractivity contribution in [2.24, 2.45) is 5.10 Å². The number of rotatable bonds is 8. The molecule has 0 unspecified atom stereocenters. The van der Waals surface area contributed by atoms with Crippen LogP contribution in [0.3, 0.4) is 0 Å². The van der Waals surface area contributed by atoms with Gasteiger partial charge >= 0.3 is 5.97 Å². The highest BCUT2D eigenvalue weighted by Gasteiger charge is 2.12. The summed E-state index contributed by atoms with van der Waals surface area (Å²) in [6.45, 7) is 2.63. The third kappa shape index (κ3) is 6.67. The number of hydrazone groups is 1. The number of esters is 1. The van der Waals surface area contributed by atoms with Crippen molar-refractivity contribution in [2.45, 2.75) is 13.3 Å². The Morgan fingerprint density at radius 2 is 1.72 bits per heavy atom. The van der Waals surface area contributed by atoms with Crippen LogP contribution >= 0.6 is 27.5 Å². The van der Waals surface area contributed by atoms with E-state index in [2.05, 4.69) is 26.5 Å². The Morgan fingerprint density at radius 1 is 1.03 bits per heavy atom. The van der Waals surface area contributed by atoms with E-state index in [1.807, 2.05) is 6.92 Å². The minimum atomic E-state index is -0.519. The Balaban J connectivity index is 1.69. The highest BCUT2D eigenvalue weighted by molar-refractivity contribution is 9.10. The van der Waals surface area contributed by atoms with Crippen LogP contribution in [0.5, 0.6) is 11.5 Å². The van der Waals surface area contributed by atoms with E-state index in [4.69, 9.17) is 21.1 Å². The fourth-order valence-corrected chi connectivity index (χ4v) is 3.11. The van der Waals surface area contributed by atoms with E-state index in [9.17, 15) is 9.59 Å². The molecule has 8 heteroatoms. The number of carbonyl (C=O) groups excluding carboxylic acids is 2. The molecule has 0 aliphatic rings. The second-order valence-electron chi connectivity index (χ2n) is 6.65. The first-order valence-electron chi connectivity index (χ1n) is 9.80. The minimum Gasteiger partial charge on any atom is -0.494 e. The lowest BCUT2D eigenvalue weighted by Gasteiger charge is -2.09. The predicted molar refractivity (Wildman–Crippen MR) is 128 cm³/mol. The van der Waals surface area contributed by atoms with E-state index in [0.29, 0.717) is 39.8 Å². The van der Waals surface area contributed by atoms with Gasteiger partial charge < -0.3 is 9.47 Å². The Bertz CT molecular complexity index is 1120. The van der Waals surface area contributed by atoms with E-state index in [-0.39, 0.29) is 0 Å². The zero-order chi connectivity index (χ0) is 22.9. The van der Waals surface area contributed by atoms with Crippen molar-refractivity contribution in [3.8, 4) is 11.5 Å². The van der Waals surface area contributed by atoms with Gasteiger partial charge in [-0.15, -0.1) is 0 Å². The molecular weight excluding hydrogens is 496 g/mol. The molecule has 0 aliphatic carbocycles. The van der Waals surface area contributed by atoms with Crippen molar-refractivity contribution in [3.63, 3.8) is 0 Å². The first-order chi connectivity index (χ1) is 15.5. The lowest BCUT2D eigenvalue weighted by atomic mass is 10.2. The van der Waals surface area contributed by atoms with Crippen LogP contribution < -0.4 is 14.9 Å². The summed E-state index contributed by atoms with van der Waals surface area (Å²) in [5.41, 5.74) is 3.75. The largest absolute Gasteiger partial charge is 0.494 e. The highest BCUT2D eigenvalue weighted by Crippen LogP contribution is 2.23. The number of nitrogens with one attached hydrogen (secondary N) is 1. The topological polar surface area (TPSA) is 77.0 Å². The number of halogens is 2.